The average Bonchev–Trinajstić information content (AvgIpc) is 2.77. The van der Waals surface area contributed by atoms with Crippen LogP contribution in [0.2, 0.25) is 0 Å². The van der Waals surface area contributed by atoms with Crippen molar-refractivity contribution in [3.05, 3.63) is 23.8 Å². The first kappa shape index (κ1) is 21.7. The molecule has 1 aromatic heterocycles. The molecule has 3 rings (SSSR count). The van der Waals surface area contributed by atoms with Gasteiger partial charge in [-0.15, -0.1) is 0 Å². The van der Waals surface area contributed by atoms with Gasteiger partial charge in [0.1, 0.15) is 5.82 Å². The molecule has 0 aromatic carbocycles. The fraction of sp³-hybridized carbons (Fsp3) is 0.840. The highest BCUT2D eigenvalue weighted by Crippen LogP contribution is 2.35. The van der Waals surface area contributed by atoms with Crippen LogP contribution in [0.15, 0.2) is 12.4 Å². The molecule has 0 spiro atoms. The van der Waals surface area contributed by atoms with Gasteiger partial charge in [-0.25, -0.2) is 9.97 Å². The highest BCUT2D eigenvalue weighted by Gasteiger charge is 2.24. The normalized spacial score (nSPS) is 23.8. The van der Waals surface area contributed by atoms with Crippen LogP contribution < -0.4 is 0 Å². The molecule has 0 amide bonds. The Labute approximate surface area is 173 Å². The van der Waals surface area contributed by atoms with E-state index in [-0.39, 0.29) is 0 Å². The lowest BCUT2D eigenvalue weighted by Crippen LogP contribution is -2.21. The summed E-state index contributed by atoms with van der Waals surface area (Å²) < 4.78 is 6.16. The zero-order chi connectivity index (χ0) is 19.4. The van der Waals surface area contributed by atoms with E-state index >= 15 is 0 Å². The minimum atomic E-state index is 0.485. The number of aromatic nitrogens is 2. The van der Waals surface area contributed by atoms with Crippen LogP contribution in [0, 0.1) is 0 Å². The Hall–Kier alpha value is -0.960. The molecule has 0 saturated heterocycles. The molecule has 1 heterocycles. The lowest BCUT2D eigenvalue weighted by atomic mass is 9.83. The summed E-state index contributed by atoms with van der Waals surface area (Å²) >= 11 is 0. The molecule has 0 radical (unpaired) electrons. The maximum Gasteiger partial charge on any atom is 0.131 e. The van der Waals surface area contributed by atoms with E-state index in [0.717, 1.165) is 12.4 Å². The topological polar surface area (TPSA) is 35.0 Å². The molecule has 158 valence electrons. The van der Waals surface area contributed by atoms with Crippen molar-refractivity contribution in [1.82, 2.24) is 9.97 Å². The first-order valence-electron chi connectivity index (χ1n) is 12.3. The van der Waals surface area contributed by atoms with Crippen LogP contribution in [0.1, 0.15) is 133 Å². The van der Waals surface area contributed by atoms with Gasteiger partial charge >= 0.3 is 0 Å². The SMILES string of the molecule is CCCCCCCCCOC1CCC(c2cnc(C3CCCCC3)nc2)CC1. The number of rotatable bonds is 11. The Bertz CT molecular complexity index is 516. The fourth-order valence-corrected chi connectivity index (χ4v) is 5.00. The van der Waals surface area contributed by atoms with Crippen LogP contribution in [0.3, 0.4) is 0 Å². The molecule has 0 unspecified atom stereocenters. The summed E-state index contributed by atoms with van der Waals surface area (Å²) in [4.78, 5) is 9.50. The second-order valence-electron chi connectivity index (χ2n) is 9.18. The smallest absolute Gasteiger partial charge is 0.131 e. The summed E-state index contributed by atoms with van der Waals surface area (Å²) in [5, 5.41) is 0. The van der Waals surface area contributed by atoms with Gasteiger partial charge in [0.25, 0.3) is 0 Å². The van der Waals surface area contributed by atoms with Crippen molar-refractivity contribution in [2.45, 2.75) is 128 Å². The van der Waals surface area contributed by atoms with E-state index in [0.29, 0.717) is 17.9 Å². The van der Waals surface area contributed by atoms with Crippen LogP contribution in [-0.2, 0) is 4.74 Å². The Morgan fingerprint density at radius 1 is 0.750 bits per heavy atom. The molecule has 2 fully saturated rings. The molecule has 0 atom stereocenters. The van der Waals surface area contributed by atoms with Gasteiger partial charge in [-0.05, 0) is 56.4 Å². The molecule has 3 nitrogen and oxygen atoms in total. The quantitative estimate of drug-likeness (QED) is 0.374. The Kier molecular flexibility index (Phi) is 9.76. The van der Waals surface area contributed by atoms with Crippen molar-refractivity contribution in [2.24, 2.45) is 0 Å². The number of unbranched alkanes of at least 4 members (excludes halogenated alkanes) is 6. The first-order valence-corrected chi connectivity index (χ1v) is 12.3. The molecule has 2 saturated carbocycles. The molecular formula is C25H42N2O. The van der Waals surface area contributed by atoms with Crippen molar-refractivity contribution < 1.29 is 4.74 Å². The van der Waals surface area contributed by atoms with E-state index in [1.54, 1.807) is 0 Å². The van der Waals surface area contributed by atoms with E-state index in [4.69, 9.17) is 14.7 Å². The van der Waals surface area contributed by atoms with Gasteiger partial charge in [0.15, 0.2) is 0 Å². The highest BCUT2D eigenvalue weighted by molar-refractivity contribution is 5.14. The summed E-state index contributed by atoms with van der Waals surface area (Å²) in [6, 6.07) is 0. The van der Waals surface area contributed by atoms with Crippen LogP contribution in [0.5, 0.6) is 0 Å². The van der Waals surface area contributed by atoms with E-state index in [1.165, 1.54) is 108 Å². The summed E-state index contributed by atoms with van der Waals surface area (Å²) in [6.45, 7) is 3.24. The third kappa shape index (κ3) is 7.13. The summed E-state index contributed by atoms with van der Waals surface area (Å²) in [5.74, 6) is 2.34. The second-order valence-corrected chi connectivity index (χ2v) is 9.18. The van der Waals surface area contributed by atoms with Crippen LogP contribution >= 0.6 is 0 Å². The maximum absolute atomic E-state index is 6.16. The predicted octanol–water partition coefficient (Wildman–Crippen LogP) is 7.32. The van der Waals surface area contributed by atoms with Gasteiger partial charge in [0.2, 0.25) is 0 Å². The van der Waals surface area contributed by atoms with Crippen molar-refractivity contribution in [2.75, 3.05) is 6.61 Å². The molecule has 3 heteroatoms. The molecule has 0 aliphatic heterocycles. The Balaban J connectivity index is 1.29. The molecule has 2 aliphatic carbocycles. The lowest BCUT2D eigenvalue weighted by molar-refractivity contribution is 0.0225. The van der Waals surface area contributed by atoms with Crippen molar-refractivity contribution >= 4 is 0 Å². The van der Waals surface area contributed by atoms with Crippen molar-refractivity contribution in [3.8, 4) is 0 Å². The van der Waals surface area contributed by atoms with Gasteiger partial charge in [-0.1, -0.05) is 64.7 Å². The number of hydrogen-bond donors (Lipinski definition) is 0. The Morgan fingerprint density at radius 2 is 1.39 bits per heavy atom. The van der Waals surface area contributed by atoms with E-state index in [9.17, 15) is 0 Å². The largest absolute Gasteiger partial charge is 0.378 e. The maximum atomic E-state index is 6.16. The number of ether oxygens (including phenoxy) is 1. The summed E-state index contributed by atoms with van der Waals surface area (Å²) in [6.07, 6.45) is 25.7. The van der Waals surface area contributed by atoms with Gasteiger partial charge in [-0.3, -0.25) is 0 Å². The highest BCUT2D eigenvalue weighted by atomic mass is 16.5. The van der Waals surface area contributed by atoms with Gasteiger partial charge in [-0.2, -0.15) is 0 Å². The lowest BCUT2D eigenvalue weighted by Gasteiger charge is -2.29. The summed E-state index contributed by atoms with van der Waals surface area (Å²) in [5.41, 5.74) is 1.35. The third-order valence-corrected chi connectivity index (χ3v) is 6.91. The second kappa shape index (κ2) is 12.6. The number of hydrogen-bond acceptors (Lipinski definition) is 3. The molecule has 28 heavy (non-hydrogen) atoms. The van der Waals surface area contributed by atoms with Crippen LogP contribution in [0.25, 0.3) is 0 Å². The van der Waals surface area contributed by atoms with Crippen molar-refractivity contribution in [1.29, 1.82) is 0 Å². The van der Waals surface area contributed by atoms with Gasteiger partial charge < -0.3 is 4.74 Å². The predicted molar refractivity (Wildman–Crippen MR) is 117 cm³/mol. The molecule has 0 bridgehead atoms. The van der Waals surface area contributed by atoms with Gasteiger partial charge in [0, 0.05) is 24.9 Å². The van der Waals surface area contributed by atoms with E-state index < -0.39 is 0 Å². The minimum Gasteiger partial charge on any atom is -0.378 e. The average molecular weight is 387 g/mol. The zero-order valence-corrected chi connectivity index (χ0v) is 18.2. The number of nitrogens with zero attached hydrogens (tertiary/aromatic N) is 2. The molecule has 2 aliphatic rings. The standard InChI is InChI=1S/C25H42N2O/c1-2-3-4-5-6-7-11-18-28-24-16-14-21(15-17-24)23-19-26-25(27-20-23)22-12-9-8-10-13-22/h19-22,24H,2-18H2,1H3. The summed E-state index contributed by atoms with van der Waals surface area (Å²) in [7, 11) is 0. The first-order chi connectivity index (χ1) is 13.9. The third-order valence-electron chi connectivity index (χ3n) is 6.91. The van der Waals surface area contributed by atoms with Crippen molar-refractivity contribution in [3.63, 3.8) is 0 Å². The molecule has 0 N–H and O–H groups in total. The zero-order valence-electron chi connectivity index (χ0n) is 18.2. The monoisotopic (exact) mass is 386 g/mol. The van der Waals surface area contributed by atoms with Crippen LogP contribution in [-0.4, -0.2) is 22.7 Å². The molecule has 1 aromatic rings. The Morgan fingerprint density at radius 3 is 2.07 bits per heavy atom. The minimum absolute atomic E-state index is 0.485. The van der Waals surface area contributed by atoms with E-state index in [1.807, 2.05) is 0 Å². The van der Waals surface area contributed by atoms with Crippen LogP contribution in [0.4, 0.5) is 0 Å². The van der Waals surface area contributed by atoms with Gasteiger partial charge in [0.05, 0.1) is 6.10 Å². The fourth-order valence-electron chi connectivity index (χ4n) is 5.00. The van der Waals surface area contributed by atoms with E-state index in [2.05, 4.69) is 19.3 Å². The molecular weight excluding hydrogens is 344 g/mol.